The molecule has 0 aromatic rings. The van der Waals surface area contributed by atoms with E-state index >= 15 is 0 Å². The standard InChI is InChI=1S/C4H7N3O2/c8-4(6-9)7-3-1-2-5-7/h1-2,5,9H,3H2,(H,6,8). The van der Waals surface area contributed by atoms with E-state index in [9.17, 15) is 4.79 Å². The Morgan fingerprint density at radius 3 is 3.11 bits per heavy atom. The highest BCUT2D eigenvalue weighted by Gasteiger charge is 2.11. The molecule has 5 heteroatoms. The lowest BCUT2D eigenvalue weighted by Gasteiger charge is -2.13. The van der Waals surface area contributed by atoms with Crippen LogP contribution >= 0.6 is 0 Å². The van der Waals surface area contributed by atoms with Gasteiger partial charge in [-0.15, -0.1) is 0 Å². The highest BCUT2D eigenvalue weighted by atomic mass is 16.5. The number of hydrogen-bond acceptors (Lipinski definition) is 3. The molecule has 5 nitrogen and oxygen atoms in total. The minimum atomic E-state index is -0.556. The summed E-state index contributed by atoms with van der Waals surface area (Å²) in [5.74, 6) is 0. The van der Waals surface area contributed by atoms with Crippen LogP contribution in [0.15, 0.2) is 12.3 Å². The van der Waals surface area contributed by atoms with E-state index in [0.717, 1.165) is 0 Å². The zero-order chi connectivity index (χ0) is 6.69. The van der Waals surface area contributed by atoms with Gasteiger partial charge in [-0.25, -0.2) is 15.3 Å². The Morgan fingerprint density at radius 1 is 1.89 bits per heavy atom. The number of hydrogen-bond donors (Lipinski definition) is 3. The van der Waals surface area contributed by atoms with Crippen molar-refractivity contribution in [3.05, 3.63) is 12.3 Å². The van der Waals surface area contributed by atoms with Crippen molar-refractivity contribution in [1.82, 2.24) is 15.9 Å². The van der Waals surface area contributed by atoms with Crippen molar-refractivity contribution in [1.29, 1.82) is 0 Å². The van der Waals surface area contributed by atoms with Crippen molar-refractivity contribution in [2.45, 2.75) is 0 Å². The fourth-order valence-electron chi connectivity index (χ4n) is 0.555. The summed E-state index contributed by atoms with van der Waals surface area (Å²) in [5, 5.41) is 9.31. The molecule has 0 fully saturated rings. The molecule has 9 heavy (non-hydrogen) atoms. The van der Waals surface area contributed by atoms with E-state index in [1.165, 1.54) is 10.5 Å². The molecular formula is C4H7N3O2. The predicted molar refractivity (Wildman–Crippen MR) is 29.3 cm³/mol. The molecule has 0 aromatic carbocycles. The van der Waals surface area contributed by atoms with E-state index in [4.69, 9.17) is 5.21 Å². The van der Waals surface area contributed by atoms with Gasteiger partial charge in [-0.2, -0.15) is 0 Å². The van der Waals surface area contributed by atoms with Crippen molar-refractivity contribution in [3.63, 3.8) is 0 Å². The quantitative estimate of drug-likeness (QED) is 0.303. The van der Waals surface area contributed by atoms with Crippen molar-refractivity contribution < 1.29 is 10.0 Å². The van der Waals surface area contributed by atoms with Gasteiger partial charge in [0.05, 0.1) is 6.54 Å². The highest BCUT2D eigenvalue weighted by Crippen LogP contribution is 1.90. The molecule has 0 saturated heterocycles. The van der Waals surface area contributed by atoms with E-state index in [1.807, 2.05) is 0 Å². The molecule has 1 aliphatic heterocycles. The van der Waals surface area contributed by atoms with Gasteiger partial charge in [0, 0.05) is 6.20 Å². The Bertz CT molecular complexity index is 137. The summed E-state index contributed by atoms with van der Waals surface area (Å²) in [6.07, 6.45) is 3.38. The van der Waals surface area contributed by atoms with Crippen molar-refractivity contribution in [2.24, 2.45) is 0 Å². The Balaban J connectivity index is 2.36. The Morgan fingerprint density at radius 2 is 2.67 bits per heavy atom. The molecule has 0 atom stereocenters. The summed E-state index contributed by atoms with van der Waals surface area (Å²) in [7, 11) is 0. The van der Waals surface area contributed by atoms with Crippen LogP contribution in [0.25, 0.3) is 0 Å². The van der Waals surface area contributed by atoms with Gasteiger partial charge < -0.3 is 5.43 Å². The SMILES string of the molecule is O=C(NO)N1CC=CN1. The number of nitrogens with one attached hydrogen (secondary N) is 2. The highest BCUT2D eigenvalue weighted by molar-refractivity contribution is 5.72. The summed E-state index contributed by atoms with van der Waals surface area (Å²) >= 11 is 0. The van der Waals surface area contributed by atoms with Gasteiger partial charge in [0.1, 0.15) is 0 Å². The smallest absolute Gasteiger partial charge is 0.302 e. The summed E-state index contributed by atoms with van der Waals surface area (Å²) in [5.41, 5.74) is 4.08. The molecule has 0 unspecified atom stereocenters. The first kappa shape index (κ1) is 5.90. The normalized spacial score (nSPS) is 15.4. The van der Waals surface area contributed by atoms with E-state index in [2.05, 4.69) is 5.43 Å². The van der Waals surface area contributed by atoms with Crippen LogP contribution in [-0.2, 0) is 0 Å². The van der Waals surface area contributed by atoms with E-state index in [0.29, 0.717) is 6.54 Å². The maximum atomic E-state index is 10.5. The van der Waals surface area contributed by atoms with Crippen LogP contribution in [0, 0.1) is 0 Å². The molecule has 50 valence electrons. The van der Waals surface area contributed by atoms with Crippen LogP contribution in [0.1, 0.15) is 0 Å². The largest absolute Gasteiger partial charge is 0.360 e. The summed E-state index contributed by atoms with van der Waals surface area (Å²) in [4.78, 5) is 10.5. The van der Waals surface area contributed by atoms with Gasteiger partial charge in [0.2, 0.25) is 0 Å². The zero-order valence-electron chi connectivity index (χ0n) is 4.66. The maximum absolute atomic E-state index is 10.5. The van der Waals surface area contributed by atoms with Crippen molar-refractivity contribution in [3.8, 4) is 0 Å². The van der Waals surface area contributed by atoms with Crippen LogP contribution in [0.2, 0.25) is 0 Å². The molecule has 0 bridgehead atoms. The first-order chi connectivity index (χ1) is 4.34. The second-order valence-corrected chi connectivity index (χ2v) is 1.56. The lowest BCUT2D eigenvalue weighted by Crippen LogP contribution is -2.42. The average molecular weight is 129 g/mol. The van der Waals surface area contributed by atoms with Crippen LogP contribution in [0.3, 0.4) is 0 Å². The summed E-state index contributed by atoms with van der Waals surface area (Å²) < 4.78 is 0. The molecule has 3 N–H and O–H groups in total. The number of nitrogens with zero attached hydrogens (tertiary/aromatic N) is 1. The van der Waals surface area contributed by atoms with E-state index in [-0.39, 0.29) is 0 Å². The van der Waals surface area contributed by atoms with Crippen molar-refractivity contribution >= 4 is 6.03 Å². The van der Waals surface area contributed by atoms with Gasteiger partial charge in [0.25, 0.3) is 0 Å². The molecule has 0 aliphatic carbocycles. The lowest BCUT2D eigenvalue weighted by molar-refractivity contribution is 0.126. The second-order valence-electron chi connectivity index (χ2n) is 1.56. The first-order valence-electron chi connectivity index (χ1n) is 2.47. The number of rotatable bonds is 0. The average Bonchev–Trinajstić information content (AvgIpc) is 2.37. The predicted octanol–water partition coefficient (Wildman–Crippen LogP) is -0.581. The molecule has 0 saturated carbocycles. The van der Waals surface area contributed by atoms with Gasteiger partial charge in [-0.05, 0) is 6.08 Å². The summed E-state index contributed by atoms with van der Waals surface area (Å²) in [6, 6.07) is -0.556. The zero-order valence-corrected chi connectivity index (χ0v) is 4.66. The first-order valence-corrected chi connectivity index (χ1v) is 2.47. The van der Waals surface area contributed by atoms with Gasteiger partial charge in [-0.3, -0.25) is 5.21 Å². The fraction of sp³-hybridized carbons (Fsp3) is 0.250. The Labute approximate surface area is 51.9 Å². The Hall–Kier alpha value is -1.23. The molecule has 1 rings (SSSR count). The number of carbonyl (C=O) groups is 1. The minimum Gasteiger partial charge on any atom is -0.302 e. The number of hydroxylamine groups is 1. The number of urea groups is 1. The van der Waals surface area contributed by atoms with Gasteiger partial charge in [0.15, 0.2) is 0 Å². The van der Waals surface area contributed by atoms with E-state index < -0.39 is 6.03 Å². The summed E-state index contributed by atoms with van der Waals surface area (Å²) in [6.45, 7) is 0.479. The third-order valence-corrected chi connectivity index (χ3v) is 0.977. The third-order valence-electron chi connectivity index (χ3n) is 0.977. The topological polar surface area (TPSA) is 64.6 Å². The molecular weight excluding hydrogens is 122 g/mol. The monoisotopic (exact) mass is 129 g/mol. The molecule has 0 aromatic heterocycles. The van der Waals surface area contributed by atoms with Crippen molar-refractivity contribution in [2.75, 3.05) is 6.54 Å². The van der Waals surface area contributed by atoms with Crippen LogP contribution in [-0.4, -0.2) is 22.8 Å². The molecule has 2 amide bonds. The number of carbonyl (C=O) groups excluding carboxylic acids is 1. The lowest BCUT2D eigenvalue weighted by atomic mass is 10.6. The third kappa shape index (κ3) is 1.11. The molecule has 1 heterocycles. The Kier molecular flexibility index (Phi) is 1.55. The van der Waals surface area contributed by atoms with Crippen LogP contribution in [0.5, 0.6) is 0 Å². The second kappa shape index (κ2) is 2.36. The molecule has 0 radical (unpaired) electrons. The van der Waals surface area contributed by atoms with Crippen LogP contribution < -0.4 is 10.9 Å². The molecule has 1 aliphatic rings. The van der Waals surface area contributed by atoms with E-state index in [1.54, 1.807) is 12.3 Å². The number of hydrazine groups is 1. The van der Waals surface area contributed by atoms with Gasteiger partial charge in [-0.1, -0.05) is 0 Å². The maximum Gasteiger partial charge on any atom is 0.360 e. The number of amides is 2. The minimum absolute atomic E-state index is 0.479. The van der Waals surface area contributed by atoms with Crippen LogP contribution in [0.4, 0.5) is 4.79 Å². The fourth-order valence-corrected chi connectivity index (χ4v) is 0.555. The van der Waals surface area contributed by atoms with Gasteiger partial charge >= 0.3 is 6.03 Å². The molecule has 0 spiro atoms.